The van der Waals surface area contributed by atoms with Gasteiger partial charge in [0.25, 0.3) is 5.91 Å². The van der Waals surface area contributed by atoms with Gasteiger partial charge in [-0.05, 0) is 42.3 Å². The van der Waals surface area contributed by atoms with Gasteiger partial charge in [-0.3, -0.25) is 4.79 Å². The molecule has 2 aromatic carbocycles. The van der Waals surface area contributed by atoms with Crippen molar-refractivity contribution in [2.24, 2.45) is 0 Å². The van der Waals surface area contributed by atoms with E-state index in [9.17, 15) is 18.4 Å². The molecule has 1 amide bonds. The van der Waals surface area contributed by atoms with Crippen molar-refractivity contribution in [3.8, 4) is 0 Å². The normalized spacial score (nSPS) is 13.5. The first-order chi connectivity index (χ1) is 13.3. The minimum absolute atomic E-state index is 0.113. The van der Waals surface area contributed by atoms with Crippen LogP contribution in [-0.2, 0) is 16.1 Å². The summed E-state index contributed by atoms with van der Waals surface area (Å²) >= 11 is 4.42. The lowest BCUT2D eigenvalue weighted by atomic mass is 10.1. The van der Waals surface area contributed by atoms with E-state index >= 15 is 0 Å². The van der Waals surface area contributed by atoms with Crippen molar-refractivity contribution >= 4 is 44.5 Å². The van der Waals surface area contributed by atoms with E-state index in [1.165, 1.54) is 6.07 Å². The van der Waals surface area contributed by atoms with E-state index in [-0.39, 0.29) is 11.6 Å². The number of cyclic esters (lactones) is 1. The highest BCUT2D eigenvalue weighted by Gasteiger charge is 2.24. The molecule has 1 aliphatic rings. The second kappa shape index (κ2) is 8.28. The van der Waals surface area contributed by atoms with Gasteiger partial charge in [-0.25, -0.2) is 13.6 Å². The van der Waals surface area contributed by atoms with Crippen LogP contribution < -0.4 is 5.32 Å². The van der Waals surface area contributed by atoms with Crippen LogP contribution in [0.15, 0.2) is 58.1 Å². The van der Waals surface area contributed by atoms with Gasteiger partial charge in [0.1, 0.15) is 23.8 Å². The summed E-state index contributed by atoms with van der Waals surface area (Å²) in [5, 5.41) is 2.49. The number of nitrogens with one attached hydrogen (secondary N) is 1. The van der Waals surface area contributed by atoms with Crippen LogP contribution in [0.4, 0.5) is 8.78 Å². The first kappa shape index (κ1) is 20.3. The van der Waals surface area contributed by atoms with E-state index in [4.69, 9.17) is 4.74 Å². The molecule has 1 N–H and O–H groups in total. The third-order valence-electron chi connectivity index (χ3n) is 3.99. The van der Waals surface area contributed by atoms with Gasteiger partial charge < -0.3 is 10.1 Å². The molecule has 8 heteroatoms. The maximum absolute atomic E-state index is 13.8. The molecule has 0 unspecified atom stereocenters. The Morgan fingerprint density at radius 2 is 1.93 bits per heavy atom. The van der Waals surface area contributed by atoms with Crippen LogP contribution in [0.1, 0.15) is 28.4 Å². The maximum Gasteiger partial charge on any atom is 0.335 e. The number of carbonyl (C=O) groups is 2. The lowest BCUT2D eigenvalue weighted by Crippen LogP contribution is -2.23. The quantitative estimate of drug-likeness (QED) is 0.634. The lowest BCUT2D eigenvalue weighted by Gasteiger charge is -2.14. The zero-order valence-corrected chi connectivity index (χ0v) is 17.0. The van der Waals surface area contributed by atoms with Gasteiger partial charge >= 0.3 is 5.97 Å². The molecule has 28 heavy (non-hydrogen) atoms. The molecular formula is C20H14BrF2NO3S. The minimum atomic E-state index is -0.974. The fraction of sp³-hybridized carbons (Fsp3) is 0.100. The Hall–Kier alpha value is -2.45. The lowest BCUT2D eigenvalue weighted by molar-refractivity contribution is -0.140. The van der Waals surface area contributed by atoms with Crippen molar-refractivity contribution in [2.45, 2.75) is 13.5 Å². The van der Waals surface area contributed by atoms with Gasteiger partial charge in [-0.1, -0.05) is 46.4 Å². The molecule has 2 aromatic rings. The van der Waals surface area contributed by atoms with Crippen molar-refractivity contribution < 1.29 is 23.1 Å². The van der Waals surface area contributed by atoms with Crippen LogP contribution in [0.25, 0.3) is 4.91 Å². The highest BCUT2D eigenvalue weighted by molar-refractivity contribution is 9.10. The number of benzene rings is 2. The molecule has 0 aromatic heterocycles. The van der Waals surface area contributed by atoms with Crippen LogP contribution in [0.2, 0.25) is 0 Å². The molecule has 0 radical (unpaired) electrons. The molecule has 3 rings (SSSR count). The Balaban J connectivity index is 1.89. The molecule has 144 valence electrons. The average Bonchev–Trinajstić information content (AvgIpc) is 2.74. The number of thioether (sulfide) groups is 1. The summed E-state index contributed by atoms with van der Waals surface area (Å²) in [7, 11) is 0. The second-order valence-electron chi connectivity index (χ2n) is 5.91. The number of carbonyl (C=O) groups excluding carboxylic acids is 2. The fourth-order valence-electron chi connectivity index (χ4n) is 2.62. The van der Waals surface area contributed by atoms with Crippen LogP contribution >= 0.6 is 27.7 Å². The largest absolute Gasteiger partial charge is 0.457 e. The van der Waals surface area contributed by atoms with Gasteiger partial charge in [0.15, 0.2) is 0 Å². The first-order valence-electron chi connectivity index (χ1n) is 8.07. The van der Waals surface area contributed by atoms with Crippen LogP contribution in [0.3, 0.4) is 0 Å². The van der Waals surface area contributed by atoms with Crippen molar-refractivity contribution in [1.82, 2.24) is 5.32 Å². The van der Waals surface area contributed by atoms with Crippen LogP contribution in [-0.4, -0.2) is 11.9 Å². The summed E-state index contributed by atoms with van der Waals surface area (Å²) in [6.07, 6.45) is 0. The molecule has 0 aliphatic carbocycles. The third kappa shape index (κ3) is 4.18. The number of esters is 1. The van der Waals surface area contributed by atoms with E-state index in [1.54, 1.807) is 6.92 Å². The highest BCUT2D eigenvalue weighted by atomic mass is 79.9. The third-order valence-corrected chi connectivity index (χ3v) is 5.56. The zero-order valence-electron chi connectivity index (χ0n) is 14.6. The maximum atomic E-state index is 13.8. The number of hydrogen-bond acceptors (Lipinski definition) is 4. The Labute approximate surface area is 172 Å². The molecule has 4 nitrogen and oxygen atoms in total. The van der Waals surface area contributed by atoms with Crippen molar-refractivity contribution in [2.75, 3.05) is 0 Å². The molecule has 0 bridgehead atoms. The SMILES string of the molecule is C=C(NC(=O)c1c(F)cccc1F)SC1=C(C)C(=O)OCc2ccc(Br)cc21. The Bertz CT molecular complexity index is 1020. The monoisotopic (exact) mass is 465 g/mol. The molecule has 0 saturated carbocycles. The highest BCUT2D eigenvalue weighted by Crippen LogP contribution is 2.39. The molecule has 0 atom stereocenters. The number of halogens is 3. The molecule has 0 saturated heterocycles. The smallest absolute Gasteiger partial charge is 0.335 e. The molecule has 0 spiro atoms. The summed E-state index contributed by atoms with van der Waals surface area (Å²) in [6.45, 7) is 5.46. The van der Waals surface area contributed by atoms with E-state index < -0.39 is 29.1 Å². The first-order valence-corrected chi connectivity index (χ1v) is 9.67. The van der Waals surface area contributed by atoms with E-state index in [2.05, 4.69) is 27.8 Å². The van der Waals surface area contributed by atoms with Crippen molar-refractivity contribution in [1.29, 1.82) is 0 Å². The minimum Gasteiger partial charge on any atom is -0.457 e. The predicted molar refractivity (Wildman–Crippen MR) is 107 cm³/mol. The fourth-order valence-corrected chi connectivity index (χ4v) is 3.90. The van der Waals surface area contributed by atoms with Gasteiger partial charge in [0.05, 0.1) is 5.03 Å². The van der Waals surface area contributed by atoms with Gasteiger partial charge in [-0.2, -0.15) is 0 Å². The Morgan fingerprint density at radius 1 is 1.25 bits per heavy atom. The average molecular weight is 466 g/mol. The summed E-state index contributed by atoms with van der Waals surface area (Å²) in [5.74, 6) is -3.40. The number of hydrogen-bond donors (Lipinski definition) is 1. The number of ether oxygens (including phenoxy) is 1. The van der Waals surface area contributed by atoms with Gasteiger partial charge in [0.2, 0.25) is 0 Å². The number of fused-ring (bicyclic) bond motifs is 1. The summed E-state index contributed by atoms with van der Waals surface area (Å²) < 4.78 is 33.6. The molecule has 1 aliphatic heterocycles. The van der Waals surface area contributed by atoms with E-state index in [0.29, 0.717) is 10.5 Å². The standard InChI is InChI=1S/C20H14BrF2NO3S/c1-10-18(14-8-13(21)7-6-12(14)9-27-20(10)26)28-11(2)24-19(25)17-15(22)4-3-5-16(17)23/h3-8H,2,9H2,1H3,(H,24,25). The summed E-state index contributed by atoms with van der Waals surface area (Å²) in [4.78, 5) is 25.0. The Kier molecular flexibility index (Phi) is 6.00. The van der Waals surface area contributed by atoms with Gasteiger partial charge in [0, 0.05) is 15.0 Å². The Morgan fingerprint density at radius 3 is 2.61 bits per heavy atom. The number of rotatable bonds is 4. The molecule has 0 fully saturated rings. The zero-order chi connectivity index (χ0) is 20.4. The molecule has 1 heterocycles. The van der Waals surface area contributed by atoms with E-state index in [0.717, 1.165) is 39.5 Å². The predicted octanol–water partition coefficient (Wildman–Crippen LogP) is 5.15. The summed E-state index contributed by atoms with van der Waals surface area (Å²) in [6, 6.07) is 8.64. The second-order valence-corrected chi connectivity index (χ2v) is 7.93. The number of amides is 1. The topological polar surface area (TPSA) is 55.4 Å². The van der Waals surface area contributed by atoms with Crippen LogP contribution in [0, 0.1) is 11.6 Å². The molecular weight excluding hydrogens is 452 g/mol. The summed E-state index contributed by atoms with van der Waals surface area (Å²) in [5.41, 5.74) is 1.18. The van der Waals surface area contributed by atoms with Gasteiger partial charge in [-0.15, -0.1) is 0 Å². The van der Waals surface area contributed by atoms with Crippen molar-refractivity contribution in [3.63, 3.8) is 0 Å². The van der Waals surface area contributed by atoms with E-state index in [1.807, 2.05) is 18.2 Å². The van der Waals surface area contributed by atoms with Crippen LogP contribution in [0.5, 0.6) is 0 Å². The van der Waals surface area contributed by atoms with Crippen molar-refractivity contribution in [3.05, 3.63) is 86.4 Å².